The van der Waals surface area contributed by atoms with Crippen molar-refractivity contribution in [3.05, 3.63) is 0 Å². The second kappa shape index (κ2) is 3.06. The molecule has 2 atom stereocenters. The fraction of sp³-hybridized carbons (Fsp3) is 1.00. The summed E-state index contributed by atoms with van der Waals surface area (Å²) in [7, 11) is 0. The van der Waals surface area contributed by atoms with Crippen LogP contribution in [0.5, 0.6) is 0 Å². The van der Waals surface area contributed by atoms with E-state index in [1.807, 2.05) is 20.8 Å². The minimum atomic E-state index is -0.657. The van der Waals surface area contributed by atoms with Gasteiger partial charge in [0.05, 0.1) is 0 Å². The molecule has 0 saturated carbocycles. The molecule has 0 aromatic rings. The Balaban J connectivity index is 3.46. The van der Waals surface area contributed by atoms with Gasteiger partial charge in [-0.25, -0.2) is 4.39 Å². The first-order valence-electron chi connectivity index (χ1n) is 3.19. The van der Waals surface area contributed by atoms with E-state index < -0.39 is 6.17 Å². The molecule has 0 amide bonds. The van der Waals surface area contributed by atoms with E-state index in [0.717, 1.165) is 0 Å². The van der Waals surface area contributed by atoms with Gasteiger partial charge in [-0.05, 0) is 18.8 Å². The lowest BCUT2D eigenvalue weighted by Gasteiger charge is -2.15. The Morgan fingerprint density at radius 3 is 1.38 bits per heavy atom. The summed E-state index contributed by atoms with van der Waals surface area (Å²) < 4.78 is 12.3. The molecule has 1 heteroatoms. The van der Waals surface area contributed by atoms with Gasteiger partial charge in [0.1, 0.15) is 6.17 Å². The van der Waals surface area contributed by atoms with Gasteiger partial charge in [-0.15, -0.1) is 0 Å². The zero-order chi connectivity index (χ0) is 6.73. The quantitative estimate of drug-likeness (QED) is 0.521. The van der Waals surface area contributed by atoms with E-state index in [-0.39, 0.29) is 5.92 Å². The van der Waals surface area contributed by atoms with Crippen LogP contribution in [-0.2, 0) is 0 Å². The third kappa shape index (κ3) is 2.29. The summed E-state index contributed by atoms with van der Waals surface area (Å²) in [5.41, 5.74) is 0. The highest BCUT2D eigenvalue weighted by molar-refractivity contribution is 4.62. The van der Waals surface area contributed by atoms with Gasteiger partial charge < -0.3 is 0 Å². The molecule has 0 unspecified atom stereocenters. The summed E-state index contributed by atoms with van der Waals surface area (Å²) in [4.78, 5) is 0. The van der Waals surface area contributed by atoms with Crippen LogP contribution in [0.4, 0.5) is 4.39 Å². The van der Waals surface area contributed by atoms with E-state index in [4.69, 9.17) is 0 Å². The van der Waals surface area contributed by atoms with E-state index in [1.165, 1.54) is 0 Å². The Hall–Kier alpha value is -0.0700. The fourth-order valence-electron chi connectivity index (χ4n) is 0.530. The van der Waals surface area contributed by atoms with Gasteiger partial charge >= 0.3 is 0 Å². The van der Waals surface area contributed by atoms with E-state index in [0.29, 0.717) is 5.92 Å². The normalized spacial score (nSPS) is 18.8. The summed E-state index contributed by atoms with van der Waals surface area (Å²) in [6, 6.07) is 0. The molecule has 0 aliphatic rings. The SMILES string of the molecule is CC(C)[C@H](C)[C@@H](C)[18F]. The summed E-state index contributed by atoms with van der Waals surface area (Å²) in [6.07, 6.45) is -0.657. The second-order valence-electron chi connectivity index (χ2n) is 2.78. The van der Waals surface area contributed by atoms with Crippen molar-refractivity contribution in [3.63, 3.8) is 0 Å². The molecule has 0 nitrogen and oxygen atoms in total. The Bertz CT molecular complexity index is 49.4. The molecule has 0 radical (unpaired) electrons. The van der Waals surface area contributed by atoms with Crippen molar-refractivity contribution in [1.29, 1.82) is 0 Å². The first-order valence-corrected chi connectivity index (χ1v) is 3.19. The van der Waals surface area contributed by atoms with E-state index >= 15 is 0 Å². The highest BCUT2D eigenvalue weighted by atomic mass is 18.2. The van der Waals surface area contributed by atoms with Crippen LogP contribution in [0.1, 0.15) is 27.7 Å². The predicted octanol–water partition coefficient (Wildman–Crippen LogP) is 2.64. The van der Waals surface area contributed by atoms with E-state index in [2.05, 4.69) is 0 Å². The maximum absolute atomic E-state index is 12.3. The van der Waals surface area contributed by atoms with Crippen molar-refractivity contribution >= 4 is 0 Å². The molecule has 0 N–H and O–H groups in total. The van der Waals surface area contributed by atoms with Crippen LogP contribution in [0.3, 0.4) is 0 Å². The largest absolute Gasteiger partial charge is 0.247 e. The van der Waals surface area contributed by atoms with Crippen LogP contribution in [0.25, 0.3) is 0 Å². The van der Waals surface area contributed by atoms with Crippen LogP contribution in [0.15, 0.2) is 0 Å². The molecule has 0 heterocycles. The third-order valence-electron chi connectivity index (χ3n) is 1.78. The molecule has 0 bridgehead atoms. The Morgan fingerprint density at radius 2 is 1.38 bits per heavy atom. The average Bonchev–Trinajstić information content (AvgIpc) is 1.64. The summed E-state index contributed by atoms with van der Waals surface area (Å²) in [5.74, 6) is 0.671. The van der Waals surface area contributed by atoms with Crippen molar-refractivity contribution in [2.45, 2.75) is 33.9 Å². The minimum Gasteiger partial charge on any atom is -0.247 e. The standard InChI is InChI=1S/C7H15F/c1-5(2)6(3)7(4)8/h5-7H,1-4H3/t6-,7+/m0/s1/i8-1. The molecule has 0 aliphatic carbocycles. The lowest BCUT2D eigenvalue weighted by atomic mass is 9.94. The van der Waals surface area contributed by atoms with E-state index in [1.54, 1.807) is 6.92 Å². The minimum absolute atomic E-state index is 0.204. The number of alkyl halides is 1. The lowest BCUT2D eigenvalue weighted by Crippen LogP contribution is -2.14. The van der Waals surface area contributed by atoms with Crippen LogP contribution in [-0.4, -0.2) is 6.17 Å². The maximum Gasteiger partial charge on any atom is 0.100 e. The molecule has 0 fully saturated rings. The number of hydrogen-bond donors (Lipinski definition) is 0. The molecule has 0 rings (SSSR count). The van der Waals surface area contributed by atoms with Crippen LogP contribution in [0.2, 0.25) is 0 Å². The highest BCUT2D eigenvalue weighted by Crippen LogP contribution is 2.15. The van der Waals surface area contributed by atoms with E-state index in [9.17, 15) is 4.39 Å². The van der Waals surface area contributed by atoms with Gasteiger partial charge in [0, 0.05) is 0 Å². The van der Waals surface area contributed by atoms with Crippen LogP contribution >= 0.6 is 0 Å². The maximum atomic E-state index is 12.3. The molecule has 0 saturated heterocycles. The number of rotatable bonds is 2. The molecule has 50 valence electrons. The average molecular weight is 117 g/mol. The lowest BCUT2D eigenvalue weighted by molar-refractivity contribution is 0.215. The first kappa shape index (κ1) is 7.93. The summed E-state index contributed by atoms with van der Waals surface area (Å²) >= 11 is 0. The zero-order valence-corrected chi connectivity index (χ0v) is 6.11. The summed E-state index contributed by atoms with van der Waals surface area (Å²) in [6.45, 7) is 7.64. The van der Waals surface area contributed by atoms with Gasteiger partial charge in [-0.3, -0.25) is 0 Å². The molecule has 8 heavy (non-hydrogen) atoms. The second-order valence-corrected chi connectivity index (χ2v) is 2.78. The van der Waals surface area contributed by atoms with Gasteiger partial charge in [0.25, 0.3) is 0 Å². The molecular formula is C7H15F. The summed E-state index contributed by atoms with van der Waals surface area (Å²) in [5, 5.41) is 0. The zero-order valence-electron chi connectivity index (χ0n) is 6.11. The van der Waals surface area contributed by atoms with Crippen molar-refractivity contribution in [2.24, 2.45) is 11.8 Å². The predicted molar refractivity (Wildman–Crippen MR) is 34.6 cm³/mol. The van der Waals surface area contributed by atoms with Crippen LogP contribution < -0.4 is 0 Å². The molecule has 0 aromatic heterocycles. The van der Waals surface area contributed by atoms with Gasteiger partial charge in [0.2, 0.25) is 0 Å². The van der Waals surface area contributed by atoms with Gasteiger partial charge in [0.15, 0.2) is 0 Å². The smallest absolute Gasteiger partial charge is 0.100 e. The van der Waals surface area contributed by atoms with Gasteiger partial charge in [-0.1, -0.05) is 20.8 Å². The number of halogens is 1. The van der Waals surface area contributed by atoms with Crippen molar-refractivity contribution in [2.75, 3.05) is 0 Å². The van der Waals surface area contributed by atoms with Crippen molar-refractivity contribution in [1.82, 2.24) is 0 Å². The first-order chi connectivity index (χ1) is 3.55. The monoisotopic (exact) mass is 117 g/mol. The van der Waals surface area contributed by atoms with Gasteiger partial charge in [-0.2, -0.15) is 0 Å². The Kier molecular flexibility index (Phi) is 3.03. The van der Waals surface area contributed by atoms with Crippen molar-refractivity contribution < 1.29 is 4.39 Å². The van der Waals surface area contributed by atoms with Crippen molar-refractivity contribution in [3.8, 4) is 0 Å². The molecule has 0 aromatic carbocycles. The molecular weight excluding hydrogens is 102 g/mol. The highest BCUT2D eigenvalue weighted by Gasteiger charge is 2.13. The fourth-order valence-corrected chi connectivity index (χ4v) is 0.530. The van der Waals surface area contributed by atoms with Crippen LogP contribution in [0, 0.1) is 11.8 Å². The third-order valence-corrected chi connectivity index (χ3v) is 1.78. The Labute approximate surface area is 51.1 Å². The Morgan fingerprint density at radius 1 is 1.00 bits per heavy atom. The topological polar surface area (TPSA) is 0 Å². The number of hydrogen-bond acceptors (Lipinski definition) is 0. The molecule has 0 spiro atoms. The molecule has 0 aliphatic heterocycles.